The molecule has 0 aliphatic heterocycles. The van der Waals surface area contributed by atoms with E-state index in [2.05, 4.69) is 16.9 Å². The molecule has 4 nitrogen and oxygen atoms in total. The first kappa shape index (κ1) is 13.2. The van der Waals surface area contributed by atoms with Gasteiger partial charge in [-0.05, 0) is 37.3 Å². The minimum Gasteiger partial charge on any atom is -0.472 e. The van der Waals surface area contributed by atoms with E-state index in [4.69, 9.17) is 10.5 Å². The van der Waals surface area contributed by atoms with Crippen LogP contribution in [-0.4, -0.2) is 16.1 Å². The first-order valence-corrected chi connectivity index (χ1v) is 7.45. The second-order valence-electron chi connectivity index (χ2n) is 5.58. The number of nitrogen functional groups attached to an aromatic ring is 1. The van der Waals surface area contributed by atoms with Crippen LogP contribution >= 0.6 is 0 Å². The average Bonchev–Trinajstić information content (AvgIpc) is 2.48. The largest absolute Gasteiger partial charge is 0.472 e. The van der Waals surface area contributed by atoms with Crippen molar-refractivity contribution in [2.45, 2.75) is 45.1 Å². The molecule has 2 aromatic rings. The number of hydrogen-bond donors (Lipinski definition) is 1. The van der Waals surface area contributed by atoms with Gasteiger partial charge in [0.15, 0.2) is 5.82 Å². The molecule has 0 spiro atoms. The normalized spacial score (nSPS) is 22.9. The molecular formula is C16H21N3O. The van der Waals surface area contributed by atoms with E-state index in [0.29, 0.717) is 11.7 Å². The number of aromatic nitrogens is 2. The summed E-state index contributed by atoms with van der Waals surface area (Å²) in [4.78, 5) is 8.88. The van der Waals surface area contributed by atoms with Crippen molar-refractivity contribution < 1.29 is 4.74 Å². The summed E-state index contributed by atoms with van der Waals surface area (Å²) in [6, 6.07) is 7.73. The van der Waals surface area contributed by atoms with Crippen molar-refractivity contribution in [2.24, 2.45) is 5.92 Å². The van der Waals surface area contributed by atoms with Gasteiger partial charge in [0, 0.05) is 0 Å². The average molecular weight is 271 g/mol. The lowest BCUT2D eigenvalue weighted by Crippen LogP contribution is -2.26. The molecule has 1 aromatic carbocycles. The molecular weight excluding hydrogens is 250 g/mol. The van der Waals surface area contributed by atoms with Crippen LogP contribution in [0.2, 0.25) is 0 Å². The van der Waals surface area contributed by atoms with Gasteiger partial charge in [-0.2, -0.15) is 0 Å². The summed E-state index contributed by atoms with van der Waals surface area (Å²) in [5, 5.41) is 0. The van der Waals surface area contributed by atoms with E-state index in [9.17, 15) is 0 Å². The lowest BCUT2D eigenvalue weighted by molar-refractivity contribution is 0.118. The molecule has 3 rings (SSSR count). The molecule has 1 saturated carbocycles. The summed E-state index contributed by atoms with van der Waals surface area (Å²) in [6.45, 7) is 2.25. The molecule has 106 valence electrons. The predicted octanol–water partition coefficient (Wildman–Crippen LogP) is 3.56. The number of hydrogen-bond acceptors (Lipinski definition) is 4. The fourth-order valence-corrected chi connectivity index (χ4v) is 2.96. The second-order valence-corrected chi connectivity index (χ2v) is 5.58. The quantitative estimate of drug-likeness (QED) is 0.927. The molecule has 2 unspecified atom stereocenters. The highest BCUT2D eigenvalue weighted by Crippen LogP contribution is 2.30. The number of nitrogens with two attached hydrogens (primary N) is 1. The maximum absolute atomic E-state index is 6.03. The Hall–Kier alpha value is -1.84. The van der Waals surface area contributed by atoms with Gasteiger partial charge in [-0.15, -0.1) is 0 Å². The third kappa shape index (κ3) is 2.69. The van der Waals surface area contributed by atoms with Gasteiger partial charge in [-0.3, -0.25) is 0 Å². The van der Waals surface area contributed by atoms with Gasteiger partial charge >= 0.3 is 0 Å². The Morgan fingerprint density at radius 2 is 1.95 bits per heavy atom. The van der Waals surface area contributed by atoms with Gasteiger partial charge < -0.3 is 10.5 Å². The second kappa shape index (κ2) is 5.65. The maximum atomic E-state index is 6.03. The third-order valence-electron chi connectivity index (χ3n) is 4.15. The number of anilines is 1. The molecule has 4 heteroatoms. The molecule has 2 atom stereocenters. The van der Waals surface area contributed by atoms with Crippen LogP contribution in [0.1, 0.15) is 39.0 Å². The predicted molar refractivity (Wildman–Crippen MR) is 80.6 cm³/mol. The van der Waals surface area contributed by atoms with Crippen LogP contribution in [0.15, 0.2) is 24.3 Å². The van der Waals surface area contributed by atoms with Crippen molar-refractivity contribution in [3.63, 3.8) is 0 Å². The van der Waals surface area contributed by atoms with Gasteiger partial charge in [0.25, 0.3) is 5.88 Å². The number of benzene rings is 1. The zero-order chi connectivity index (χ0) is 13.9. The van der Waals surface area contributed by atoms with E-state index in [0.717, 1.165) is 29.8 Å². The van der Waals surface area contributed by atoms with Crippen molar-refractivity contribution in [1.82, 2.24) is 9.97 Å². The van der Waals surface area contributed by atoms with E-state index in [1.54, 1.807) is 0 Å². The Morgan fingerprint density at radius 3 is 2.70 bits per heavy atom. The van der Waals surface area contributed by atoms with Crippen LogP contribution in [0, 0.1) is 5.92 Å². The number of ether oxygens (including phenoxy) is 1. The molecule has 0 bridgehead atoms. The molecule has 0 saturated heterocycles. The molecule has 20 heavy (non-hydrogen) atoms. The molecule has 1 fully saturated rings. The standard InChI is InChI=1S/C16H21N3O/c1-2-11-6-5-7-12(10-11)20-16-15(17)18-13-8-3-4-9-14(13)19-16/h3-4,8-9,11-12H,2,5-7,10H2,1H3,(H2,17,18). The van der Waals surface area contributed by atoms with Gasteiger partial charge in [0.2, 0.25) is 0 Å². The highest BCUT2D eigenvalue weighted by molar-refractivity contribution is 5.76. The van der Waals surface area contributed by atoms with Gasteiger partial charge in [0.1, 0.15) is 6.10 Å². The number of fused-ring (bicyclic) bond motifs is 1. The monoisotopic (exact) mass is 271 g/mol. The van der Waals surface area contributed by atoms with E-state index in [1.165, 1.54) is 19.3 Å². The Balaban J connectivity index is 1.81. The number of rotatable bonds is 3. The zero-order valence-corrected chi connectivity index (χ0v) is 11.9. The Bertz CT molecular complexity index is 599. The first-order chi connectivity index (χ1) is 9.76. The minimum atomic E-state index is 0.228. The van der Waals surface area contributed by atoms with Crippen molar-refractivity contribution >= 4 is 16.9 Å². The highest BCUT2D eigenvalue weighted by Gasteiger charge is 2.23. The molecule has 1 aliphatic rings. The molecule has 1 aromatic heterocycles. The van der Waals surface area contributed by atoms with Gasteiger partial charge in [-0.1, -0.05) is 31.9 Å². The van der Waals surface area contributed by atoms with Crippen LogP contribution in [0.25, 0.3) is 11.0 Å². The fourth-order valence-electron chi connectivity index (χ4n) is 2.96. The fraction of sp³-hybridized carbons (Fsp3) is 0.500. The SMILES string of the molecule is CCC1CCCC(Oc2nc3ccccc3nc2N)C1. The summed E-state index contributed by atoms with van der Waals surface area (Å²) in [7, 11) is 0. The van der Waals surface area contributed by atoms with Crippen molar-refractivity contribution in [1.29, 1.82) is 0 Å². The maximum Gasteiger partial charge on any atom is 0.258 e. The molecule has 2 N–H and O–H groups in total. The van der Waals surface area contributed by atoms with E-state index in [1.807, 2.05) is 24.3 Å². The Labute approximate surface area is 119 Å². The molecule has 0 radical (unpaired) electrons. The van der Waals surface area contributed by atoms with Crippen LogP contribution in [-0.2, 0) is 0 Å². The lowest BCUT2D eigenvalue weighted by Gasteiger charge is -2.28. The van der Waals surface area contributed by atoms with Crippen LogP contribution in [0.3, 0.4) is 0 Å². The summed E-state index contributed by atoms with van der Waals surface area (Å²) >= 11 is 0. The summed E-state index contributed by atoms with van der Waals surface area (Å²) in [6.07, 6.45) is 6.18. The highest BCUT2D eigenvalue weighted by atomic mass is 16.5. The first-order valence-electron chi connectivity index (χ1n) is 7.45. The number of nitrogens with zero attached hydrogens (tertiary/aromatic N) is 2. The van der Waals surface area contributed by atoms with Crippen LogP contribution in [0.5, 0.6) is 5.88 Å². The lowest BCUT2D eigenvalue weighted by atomic mass is 9.85. The van der Waals surface area contributed by atoms with Crippen molar-refractivity contribution in [3.05, 3.63) is 24.3 Å². The van der Waals surface area contributed by atoms with Crippen molar-refractivity contribution in [3.8, 4) is 5.88 Å². The minimum absolute atomic E-state index is 0.228. The third-order valence-corrected chi connectivity index (χ3v) is 4.15. The number of para-hydroxylation sites is 2. The topological polar surface area (TPSA) is 61.0 Å². The Kier molecular flexibility index (Phi) is 3.72. The molecule has 0 amide bonds. The van der Waals surface area contributed by atoms with Gasteiger partial charge in [-0.25, -0.2) is 9.97 Å². The molecule has 1 heterocycles. The summed E-state index contributed by atoms with van der Waals surface area (Å²) < 4.78 is 6.03. The molecule has 1 aliphatic carbocycles. The summed E-state index contributed by atoms with van der Waals surface area (Å²) in [5.41, 5.74) is 7.62. The van der Waals surface area contributed by atoms with E-state index >= 15 is 0 Å². The van der Waals surface area contributed by atoms with E-state index in [-0.39, 0.29) is 6.10 Å². The summed E-state index contributed by atoms with van der Waals surface area (Å²) in [5.74, 6) is 1.65. The van der Waals surface area contributed by atoms with Crippen molar-refractivity contribution in [2.75, 3.05) is 5.73 Å². The van der Waals surface area contributed by atoms with Crippen LogP contribution < -0.4 is 10.5 Å². The van der Waals surface area contributed by atoms with Crippen LogP contribution in [0.4, 0.5) is 5.82 Å². The zero-order valence-electron chi connectivity index (χ0n) is 11.9. The van der Waals surface area contributed by atoms with Gasteiger partial charge in [0.05, 0.1) is 11.0 Å². The Morgan fingerprint density at radius 1 is 1.20 bits per heavy atom. The smallest absolute Gasteiger partial charge is 0.258 e. The van der Waals surface area contributed by atoms with E-state index < -0.39 is 0 Å².